The molecule has 134 valence electrons. The maximum absolute atomic E-state index is 12.8. The Kier molecular flexibility index (Phi) is 5.85. The van der Waals surface area contributed by atoms with Gasteiger partial charge in [0.15, 0.2) is 0 Å². The van der Waals surface area contributed by atoms with Crippen molar-refractivity contribution in [2.75, 3.05) is 11.4 Å². The molecule has 0 aliphatic rings. The third kappa shape index (κ3) is 4.39. The summed E-state index contributed by atoms with van der Waals surface area (Å²) < 4.78 is 26.7. The molecule has 1 N–H and O–H groups in total. The van der Waals surface area contributed by atoms with Crippen molar-refractivity contribution >= 4 is 21.6 Å². The molecule has 6 heteroatoms. The number of hydrogen-bond acceptors (Lipinski definition) is 3. The van der Waals surface area contributed by atoms with Gasteiger partial charge in [0.2, 0.25) is 0 Å². The van der Waals surface area contributed by atoms with Crippen molar-refractivity contribution in [1.82, 2.24) is 5.32 Å². The molecule has 1 atom stereocenters. The summed E-state index contributed by atoms with van der Waals surface area (Å²) >= 11 is 0. The number of rotatable bonds is 6. The summed E-state index contributed by atoms with van der Waals surface area (Å²) in [6, 6.07) is 13.4. The zero-order valence-electron chi connectivity index (χ0n) is 15.0. The second-order valence-corrected chi connectivity index (χ2v) is 8.09. The molecule has 0 aliphatic heterocycles. The van der Waals surface area contributed by atoms with Gasteiger partial charge in [0.1, 0.15) is 0 Å². The molecule has 2 aromatic carbocycles. The van der Waals surface area contributed by atoms with E-state index < -0.39 is 10.0 Å². The fourth-order valence-electron chi connectivity index (χ4n) is 2.26. The van der Waals surface area contributed by atoms with Crippen molar-refractivity contribution in [3.8, 4) is 0 Å². The van der Waals surface area contributed by atoms with Crippen LogP contribution in [0.4, 0.5) is 5.69 Å². The van der Waals surface area contributed by atoms with E-state index in [-0.39, 0.29) is 16.8 Å². The quantitative estimate of drug-likeness (QED) is 0.859. The van der Waals surface area contributed by atoms with Gasteiger partial charge in [-0.1, -0.05) is 30.7 Å². The highest BCUT2D eigenvalue weighted by Gasteiger charge is 2.22. The second-order valence-electron chi connectivity index (χ2n) is 6.12. The van der Waals surface area contributed by atoms with E-state index in [1.54, 1.807) is 48.5 Å². The zero-order chi connectivity index (χ0) is 18.6. The molecule has 0 heterocycles. The number of nitrogens with zero attached hydrogens (tertiary/aromatic N) is 1. The van der Waals surface area contributed by atoms with Gasteiger partial charge in [0.25, 0.3) is 15.9 Å². The van der Waals surface area contributed by atoms with E-state index in [0.29, 0.717) is 11.3 Å². The van der Waals surface area contributed by atoms with Crippen LogP contribution in [0, 0.1) is 6.92 Å². The zero-order valence-corrected chi connectivity index (χ0v) is 15.8. The standard InChI is InChI=1S/C19H24N2O3S/c1-5-15(3)20-19(22)16-7-6-8-17(13-16)21(4)25(23,24)18-11-9-14(2)10-12-18/h6-13,15H,5H2,1-4H3,(H,20,22). The molecule has 0 saturated carbocycles. The highest BCUT2D eigenvalue weighted by Crippen LogP contribution is 2.23. The van der Waals surface area contributed by atoms with E-state index in [9.17, 15) is 13.2 Å². The molecule has 2 aromatic rings. The fourth-order valence-corrected chi connectivity index (χ4v) is 3.45. The number of hydrogen-bond donors (Lipinski definition) is 1. The number of nitrogens with one attached hydrogen (secondary N) is 1. The molecule has 1 unspecified atom stereocenters. The van der Waals surface area contributed by atoms with Crippen molar-refractivity contribution in [3.63, 3.8) is 0 Å². The smallest absolute Gasteiger partial charge is 0.264 e. The van der Waals surface area contributed by atoms with Crippen molar-refractivity contribution in [1.29, 1.82) is 0 Å². The summed E-state index contributed by atoms with van der Waals surface area (Å²) in [7, 11) is -2.19. The Morgan fingerprint density at radius 3 is 2.40 bits per heavy atom. The first-order valence-corrected chi connectivity index (χ1v) is 9.66. The number of carbonyl (C=O) groups excluding carboxylic acids is 1. The summed E-state index contributed by atoms with van der Waals surface area (Å²) in [6.07, 6.45) is 0.827. The van der Waals surface area contributed by atoms with Crippen LogP contribution in [0.5, 0.6) is 0 Å². The van der Waals surface area contributed by atoms with E-state index in [1.807, 2.05) is 20.8 Å². The van der Waals surface area contributed by atoms with Gasteiger partial charge in [-0.3, -0.25) is 9.10 Å². The third-order valence-corrected chi connectivity index (χ3v) is 5.94. The number of carbonyl (C=O) groups is 1. The molecule has 0 radical (unpaired) electrons. The van der Waals surface area contributed by atoms with Gasteiger partial charge in [-0.2, -0.15) is 0 Å². The summed E-state index contributed by atoms with van der Waals surface area (Å²) in [5, 5.41) is 2.88. The summed E-state index contributed by atoms with van der Waals surface area (Å²) in [4.78, 5) is 12.5. The van der Waals surface area contributed by atoms with E-state index in [1.165, 1.54) is 11.4 Å². The Bertz CT molecular complexity index is 845. The van der Waals surface area contributed by atoms with Crippen LogP contribution in [0.1, 0.15) is 36.2 Å². The van der Waals surface area contributed by atoms with Gasteiger partial charge in [0.05, 0.1) is 10.6 Å². The SMILES string of the molecule is CCC(C)NC(=O)c1cccc(N(C)S(=O)(=O)c2ccc(C)cc2)c1. The minimum Gasteiger partial charge on any atom is -0.350 e. The Balaban J connectivity index is 2.30. The molecule has 0 fully saturated rings. The first-order chi connectivity index (χ1) is 11.8. The van der Waals surface area contributed by atoms with E-state index >= 15 is 0 Å². The number of aryl methyl sites for hydroxylation is 1. The van der Waals surface area contributed by atoms with Crippen LogP contribution in [-0.2, 0) is 10.0 Å². The first kappa shape index (κ1) is 19.0. The van der Waals surface area contributed by atoms with Crippen LogP contribution in [0.2, 0.25) is 0 Å². The van der Waals surface area contributed by atoms with Crippen molar-refractivity contribution in [2.24, 2.45) is 0 Å². The average molecular weight is 360 g/mol. The molecule has 5 nitrogen and oxygen atoms in total. The van der Waals surface area contributed by atoms with Crippen LogP contribution in [-0.4, -0.2) is 27.4 Å². The van der Waals surface area contributed by atoms with Crippen LogP contribution < -0.4 is 9.62 Å². The second kappa shape index (κ2) is 7.70. The third-order valence-electron chi connectivity index (χ3n) is 4.14. The Hall–Kier alpha value is -2.34. The van der Waals surface area contributed by atoms with Crippen LogP contribution in [0.3, 0.4) is 0 Å². The predicted molar refractivity (Wildman–Crippen MR) is 100 cm³/mol. The van der Waals surface area contributed by atoms with Gasteiger partial charge in [-0.15, -0.1) is 0 Å². The van der Waals surface area contributed by atoms with Crippen molar-refractivity contribution in [2.45, 2.75) is 38.1 Å². The minimum absolute atomic E-state index is 0.0603. The van der Waals surface area contributed by atoms with E-state index in [4.69, 9.17) is 0 Å². The van der Waals surface area contributed by atoms with Crippen LogP contribution in [0.15, 0.2) is 53.4 Å². The number of benzene rings is 2. The molecule has 0 bridgehead atoms. The summed E-state index contributed by atoms with van der Waals surface area (Å²) in [6.45, 7) is 5.82. The lowest BCUT2D eigenvalue weighted by atomic mass is 10.1. The van der Waals surface area contributed by atoms with Gasteiger partial charge >= 0.3 is 0 Å². The van der Waals surface area contributed by atoms with Crippen LogP contribution >= 0.6 is 0 Å². The topological polar surface area (TPSA) is 66.5 Å². The Morgan fingerprint density at radius 1 is 1.16 bits per heavy atom. The Labute approximate surface area is 149 Å². The van der Waals surface area contributed by atoms with Gasteiger partial charge < -0.3 is 5.32 Å². The average Bonchev–Trinajstić information content (AvgIpc) is 2.61. The first-order valence-electron chi connectivity index (χ1n) is 8.22. The Morgan fingerprint density at radius 2 is 1.80 bits per heavy atom. The monoisotopic (exact) mass is 360 g/mol. The molecule has 0 saturated heterocycles. The molecule has 0 aliphatic carbocycles. The summed E-state index contributed by atoms with van der Waals surface area (Å²) in [5.41, 5.74) is 1.87. The van der Waals surface area contributed by atoms with Gasteiger partial charge in [-0.25, -0.2) is 8.42 Å². The number of sulfonamides is 1. The van der Waals surface area contributed by atoms with Crippen LogP contribution in [0.25, 0.3) is 0 Å². The molecular weight excluding hydrogens is 336 g/mol. The van der Waals surface area contributed by atoms with Crippen molar-refractivity contribution < 1.29 is 13.2 Å². The van der Waals surface area contributed by atoms with E-state index in [0.717, 1.165) is 12.0 Å². The molecule has 2 rings (SSSR count). The fraction of sp³-hybridized carbons (Fsp3) is 0.316. The molecule has 0 spiro atoms. The van der Waals surface area contributed by atoms with Crippen molar-refractivity contribution in [3.05, 3.63) is 59.7 Å². The predicted octanol–water partition coefficient (Wildman–Crippen LogP) is 3.35. The number of anilines is 1. The number of amides is 1. The lowest BCUT2D eigenvalue weighted by molar-refractivity contribution is 0.0939. The minimum atomic E-state index is -3.68. The molecule has 1 amide bonds. The highest BCUT2D eigenvalue weighted by atomic mass is 32.2. The van der Waals surface area contributed by atoms with Gasteiger partial charge in [0, 0.05) is 18.7 Å². The molecule has 0 aromatic heterocycles. The van der Waals surface area contributed by atoms with Gasteiger partial charge in [-0.05, 0) is 50.6 Å². The lowest BCUT2D eigenvalue weighted by Crippen LogP contribution is -2.32. The highest BCUT2D eigenvalue weighted by molar-refractivity contribution is 7.92. The maximum Gasteiger partial charge on any atom is 0.264 e. The molecule has 25 heavy (non-hydrogen) atoms. The lowest BCUT2D eigenvalue weighted by Gasteiger charge is -2.20. The van der Waals surface area contributed by atoms with E-state index in [2.05, 4.69) is 5.32 Å². The maximum atomic E-state index is 12.8. The largest absolute Gasteiger partial charge is 0.350 e. The normalized spacial score (nSPS) is 12.5. The molecular formula is C19H24N2O3S. The summed E-state index contributed by atoms with van der Waals surface area (Å²) in [5.74, 6) is -0.211.